The van der Waals surface area contributed by atoms with E-state index in [0.29, 0.717) is 28.8 Å². The monoisotopic (exact) mass is 486 g/mol. The van der Waals surface area contributed by atoms with E-state index in [0.717, 1.165) is 24.5 Å². The van der Waals surface area contributed by atoms with Gasteiger partial charge in [0.2, 0.25) is 0 Å². The van der Waals surface area contributed by atoms with Crippen molar-refractivity contribution < 1.29 is 8.42 Å². The third kappa shape index (κ3) is 4.46. The topological polar surface area (TPSA) is 103 Å². The molecule has 0 bridgehead atoms. The average Bonchev–Trinajstić information content (AvgIpc) is 3.28. The van der Waals surface area contributed by atoms with Gasteiger partial charge in [-0.1, -0.05) is 12.1 Å². The van der Waals surface area contributed by atoms with Crippen LogP contribution >= 0.6 is 0 Å². The minimum absolute atomic E-state index is 0.0292. The molecule has 4 aromatic rings. The Morgan fingerprint density at radius 3 is 2.49 bits per heavy atom. The van der Waals surface area contributed by atoms with Crippen LogP contribution in [0.5, 0.6) is 0 Å². The van der Waals surface area contributed by atoms with Crippen LogP contribution in [0.25, 0.3) is 10.9 Å². The van der Waals surface area contributed by atoms with Crippen LogP contribution in [-0.2, 0) is 10.0 Å². The van der Waals surface area contributed by atoms with Crippen molar-refractivity contribution in [3.8, 4) is 6.07 Å². The maximum Gasteiger partial charge on any atom is 0.269 e. The second-order valence-corrected chi connectivity index (χ2v) is 10.7. The summed E-state index contributed by atoms with van der Waals surface area (Å²) < 4.78 is 27.9. The van der Waals surface area contributed by atoms with Crippen LogP contribution in [0.4, 0.5) is 17.2 Å². The SMILES string of the molecule is CC1CN(c2ccc(Nc3cc4c(ccn4S(=O)(=O)c4ccccc4C#N)cn3)cc2)CC(C)N1. The van der Waals surface area contributed by atoms with E-state index in [9.17, 15) is 13.7 Å². The second kappa shape index (κ2) is 9.06. The fraction of sp³-hybridized carbons (Fsp3) is 0.231. The standard InChI is InChI=1S/C26H26N6O2S/c1-18-16-31(17-19(2)29-18)23-9-7-22(8-10-23)30-26-13-24-21(15-28-26)11-12-32(24)35(33,34)25-6-4-3-5-20(25)14-27/h3-13,15,18-19,29H,16-17H2,1-2H3,(H,28,30). The molecule has 9 heteroatoms. The Hall–Kier alpha value is -3.87. The van der Waals surface area contributed by atoms with E-state index in [2.05, 4.69) is 46.5 Å². The second-order valence-electron chi connectivity index (χ2n) is 8.90. The Kier molecular flexibility index (Phi) is 5.93. The molecule has 8 nitrogen and oxygen atoms in total. The summed E-state index contributed by atoms with van der Waals surface area (Å²) in [5, 5.41) is 16.9. The summed E-state index contributed by atoms with van der Waals surface area (Å²) in [4.78, 5) is 6.79. The van der Waals surface area contributed by atoms with Gasteiger partial charge in [0.05, 0.1) is 11.1 Å². The summed E-state index contributed by atoms with van der Waals surface area (Å²) in [5.41, 5.74) is 2.61. The molecule has 1 saturated heterocycles. The first-order valence-electron chi connectivity index (χ1n) is 11.4. The number of rotatable bonds is 5. The van der Waals surface area contributed by atoms with Gasteiger partial charge in [-0.2, -0.15) is 5.26 Å². The molecule has 0 aliphatic carbocycles. The number of aromatic nitrogens is 2. The van der Waals surface area contributed by atoms with Crippen LogP contribution in [0.3, 0.4) is 0 Å². The van der Waals surface area contributed by atoms with Crippen molar-refractivity contribution in [1.29, 1.82) is 5.26 Å². The number of nitrogens with zero attached hydrogens (tertiary/aromatic N) is 4. The fourth-order valence-corrected chi connectivity index (χ4v) is 6.10. The summed E-state index contributed by atoms with van der Waals surface area (Å²) in [7, 11) is -3.95. The van der Waals surface area contributed by atoms with Crippen LogP contribution in [0.2, 0.25) is 0 Å². The Morgan fingerprint density at radius 2 is 1.77 bits per heavy atom. The van der Waals surface area contributed by atoms with Crippen LogP contribution in [-0.4, -0.2) is 42.5 Å². The number of pyridine rings is 1. The Morgan fingerprint density at radius 1 is 1.06 bits per heavy atom. The zero-order valence-electron chi connectivity index (χ0n) is 19.5. The highest BCUT2D eigenvalue weighted by atomic mass is 32.2. The molecular weight excluding hydrogens is 460 g/mol. The third-order valence-corrected chi connectivity index (χ3v) is 7.89. The highest BCUT2D eigenvalue weighted by Crippen LogP contribution is 2.27. The van der Waals surface area contributed by atoms with E-state index >= 15 is 0 Å². The zero-order valence-corrected chi connectivity index (χ0v) is 20.3. The molecule has 5 rings (SSSR count). The number of hydrogen-bond acceptors (Lipinski definition) is 7. The molecule has 2 atom stereocenters. The van der Waals surface area contributed by atoms with Crippen molar-refractivity contribution in [3.05, 3.63) is 78.6 Å². The molecule has 2 N–H and O–H groups in total. The first-order valence-corrected chi connectivity index (χ1v) is 12.9. The molecule has 2 unspecified atom stereocenters. The van der Waals surface area contributed by atoms with E-state index in [4.69, 9.17) is 0 Å². The molecule has 1 aliphatic heterocycles. The van der Waals surface area contributed by atoms with Gasteiger partial charge in [0.25, 0.3) is 10.0 Å². The van der Waals surface area contributed by atoms with Gasteiger partial charge >= 0.3 is 0 Å². The maximum absolute atomic E-state index is 13.4. The van der Waals surface area contributed by atoms with Crippen molar-refractivity contribution in [2.75, 3.05) is 23.3 Å². The zero-order chi connectivity index (χ0) is 24.6. The van der Waals surface area contributed by atoms with Crippen LogP contribution in [0.15, 0.2) is 78.0 Å². The molecule has 0 spiro atoms. The number of hydrogen-bond donors (Lipinski definition) is 2. The van der Waals surface area contributed by atoms with E-state index in [1.54, 1.807) is 30.5 Å². The maximum atomic E-state index is 13.4. The molecule has 1 fully saturated rings. The first kappa shape index (κ1) is 22.9. The van der Waals surface area contributed by atoms with Crippen LogP contribution in [0, 0.1) is 11.3 Å². The van der Waals surface area contributed by atoms with Gasteiger partial charge in [-0.3, -0.25) is 0 Å². The van der Waals surface area contributed by atoms with Gasteiger partial charge in [0.1, 0.15) is 16.8 Å². The molecule has 35 heavy (non-hydrogen) atoms. The Bertz CT molecular complexity index is 1510. The van der Waals surface area contributed by atoms with Gasteiger partial charge in [0, 0.05) is 60.4 Å². The molecule has 3 heterocycles. The molecular formula is C26H26N6O2S. The minimum atomic E-state index is -3.95. The lowest BCUT2D eigenvalue weighted by Gasteiger charge is -2.37. The molecule has 0 radical (unpaired) electrons. The van der Waals surface area contributed by atoms with Crippen molar-refractivity contribution in [2.45, 2.75) is 30.8 Å². The van der Waals surface area contributed by atoms with Crippen molar-refractivity contribution in [3.63, 3.8) is 0 Å². The van der Waals surface area contributed by atoms with Crippen molar-refractivity contribution in [1.82, 2.24) is 14.3 Å². The quantitative estimate of drug-likeness (QED) is 0.438. The lowest BCUT2D eigenvalue weighted by molar-refractivity contribution is 0.407. The number of nitrogens with one attached hydrogen (secondary N) is 2. The summed E-state index contributed by atoms with van der Waals surface area (Å²) >= 11 is 0. The first-order chi connectivity index (χ1) is 16.8. The summed E-state index contributed by atoms with van der Waals surface area (Å²) in [5.74, 6) is 0.526. The van der Waals surface area contributed by atoms with E-state index in [1.165, 1.54) is 22.3 Å². The van der Waals surface area contributed by atoms with E-state index in [-0.39, 0.29) is 10.5 Å². The lowest BCUT2D eigenvalue weighted by atomic mass is 10.1. The Balaban J connectivity index is 1.42. The fourth-order valence-electron chi connectivity index (χ4n) is 4.61. The smallest absolute Gasteiger partial charge is 0.269 e. The molecule has 1 aliphatic rings. The molecule has 178 valence electrons. The number of benzene rings is 2. The number of nitriles is 1. The number of anilines is 3. The predicted molar refractivity (Wildman–Crippen MR) is 137 cm³/mol. The van der Waals surface area contributed by atoms with Crippen molar-refractivity contribution >= 4 is 38.1 Å². The summed E-state index contributed by atoms with van der Waals surface area (Å²) in [6.45, 7) is 6.29. The van der Waals surface area contributed by atoms with Gasteiger partial charge in [-0.15, -0.1) is 0 Å². The normalized spacial score (nSPS) is 18.4. The molecule has 0 saturated carbocycles. The van der Waals surface area contributed by atoms with Gasteiger partial charge in [-0.25, -0.2) is 17.4 Å². The minimum Gasteiger partial charge on any atom is -0.368 e. The Labute approximate surface area is 204 Å². The summed E-state index contributed by atoms with van der Waals surface area (Å²) in [6.07, 6.45) is 3.13. The van der Waals surface area contributed by atoms with Crippen molar-refractivity contribution in [2.24, 2.45) is 0 Å². The van der Waals surface area contributed by atoms with E-state index in [1.807, 2.05) is 18.2 Å². The predicted octanol–water partition coefficient (Wildman–Crippen LogP) is 4.08. The lowest BCUT2D eigenvalue weighted by Crippen LogP contribution is -2.54. The highest BCUT2D eigenvalue weighted by Gasteiger charge is 2.23. The number of fused-ring (bicyclic) bond motifs is 1. The molecule has 2 aromatic heterocycles. The largest absolute Gasteiger partial charge is 0.368 e. The highest BCUT2D eigenvalue weighted by molar-refractivity contribution is 7.90. The van der Waals surface area contributed by atoms with E-state index < -0.39 is 10.0 Å². The van der Waals surface area contributed by atoms with Crippen LogP contribution in [0.1, 0.15) is 19.4 Å². The summed E-state index contributed by atoms with van der Waals surface area (Å²) in [6, 6.07) is 20.6. The van der Waals surface area contributed by atoms with Gasteiger partial charge < -0.3 is 15.5 Å². The van der Waals surface area contributed by atoms with Gasteiger partial charge in [0.15, 0.2) is 0 Å². The molecule has 0 amide bonds. The average molecular weight is 487 g/mol. The number of piperazine rings is 1. The third-order valence-electron chi connectivity index (χ3n) is 6.15. The van der Waals surface area contributed by atoms with Gasteiger partial charge in [-0.05, 0) is 56.3 Å². The molecule has 2 aromatic carbocycles. The van der Waals surface area contributed by atoms with Crippen LogP contribution < -0.4 is 15.5 Å².